The molecule has 2 nitrogen and oxygen atoms in total. The molecule has 0 bridgehead atoms. The number of rotatable bonds is 1. The molecule has 0 aromatic rings. The summed E-state index contributed by atoms with van der Waals surface area (Å²) in [6.07, 6.45) is 7.26. The molecule has 0 heterocycles. The Morgan fingerprint density at radius 1 is 0.920 bits per heavy atom. The van der Waals surface area contributed by atoms with E-state index in [0.717, 1.165) is 38.5 Å². The first-order valence-electron chi connectivity index (χ1n) is 10.2. The zero-order valence-corrected chi connectivity index (χ0v) is 15.8. The quantitative estimate of drug-likeness (QED) is 0.573. The van der Waals surface area contributed by atoms with Gasteiger partial charge in [-0.2, -0.15) is 0 Å². The molecule has 0 amide bonds. The highest BCUT2D eigenvalue weighted by Crippen LogP contribution is 2.67. The van der Waals surface area contributed by atoms with E-state index in [2.05, 4.69) is 13.8 Å². The van der Waals surface area contributed by atoms with Crippen LogP contribution in [0.5, 0.6) is 0 Å². The van der Waals surface area contributed by atoms with E-state index in [4.69, 9.17) is 4.74 Å². The summed E-state index contributed by atoms with van der Waals surface area (Å²) in [5.74, 6) is -0.625. The molecule has 7 atom stereocenters. The van der Waals surface area contributed by atoms with Gasteiger partial charge in [-0.1, -0.05) is 13.8 Å². The zero-order valence-electron chi connectivity index (χ0n) is 15.8. The van der Waals surface area contributed by atoms with E-state index in [1.807, 2.05) is 0 Å². The van der Waals surface area contributed by atoms with Crippen LogP contribution in [0.2, 0.25) is 0 Å². The van der Waals surface area contributed by atoms with E-state index in [1.54, 1.807) is 0 Å². The van der Waals surface area contributed by atoms with Gasteiger partial charge < -0.3 is 4.74 Å². The van der Waals surface area contributed by atoms with Crippen molar-refractivity contribution in [1.29, 1.82) is 0 Å². The molecule has 4 heteroatoms. The smallest absolute Gasteiger partial charge is 0.302 e. The normalized spacial score (nSPS) is 51.2. The Morgan fingerprint density at radius 3 is 2.36 bits per heavy atom. The summed E-state index contributed by atoms with van der Waals surface area (Å²) in [6.45, 7) is 6.14. The zero-order chi connectivity index (χ0) is 18.0. The van der Waals surface area contributed by atoms with E-state index in [9.17, 15) is 13.6 Å². The lowest BCUT2D eigenvalue weighted by molar-refractivity contribution is -0.174. The van der Waals surface area contributed by atoms with E-state index in [1.165, 1.54) is 6.92 Å². The fourth-order valence-electron chi connectivity index (χ4n) is 7.52. The lowest BCUT2D eigenvalue weighted by Gasteiger charge is -2.60. The highest BCUT2D eigenvalue weighted by molar-refractivity contribution is 5.66. The number of carbonyl (C=O) groups is 1. The molecule has 4 rings (SSSR count). The van der Waals surface area contributed by atoms with Crippen LogP contribution in [0.1, 0.15) is 78.6 Å². The van der Waals surface area contributed by atoms with Crippen molar-refractivity contribution >= 4 is 5.97 Å². The van der Waals surface area contributed by atoms with Crippen LogP contribution in [-0.4, -0.2) is 18.0 Å². The Hall–Kier alpha value is -0.670. The summed E-state index contributed by atoms with van der Waals surface area (Å²) in [5, 5.41) is 0. The molecule has 4 saturated carbocycles. The topological polar surface area (TPSA) is 26.3 Å². The lowest BCUT2D eigenvalue weighted by atomic mass is 9.45. The second-order valence-corrected chi connectivity index (χ2v) is 9.94. The average Bonchev–Trinajstić information content (AvgIpc) is 2.84. The molecule has 0 aromatic heterocycles. The first kappa shape index (κ1) is 17.7. The summed E-state index contributed by atoms with van der Waals surface area (Å²) in [7, 11) is 0. The summed E-state index contributed by atoms with van der Waals surface area (Å²) in [6, 6.07) is 0. The molecule has 5 unspecified atom stereocenters. The predicted molar refractivity (Wildman–Crippen MR) is 92.2 cm³/mol. The van der Waals surface area contributed by atoms with E-state index < -0.39 is 5.92 Å². The number of esters is 1. The second-order valence-electron chi connectivity index (χ2n) is 9.94. The Bertz CT molecular complexity index is 562. The van der Waals surface area contributed by atoms with Gasteiger partial charge in [-0.25, -0.2) is 8.78 Å². The maximum Gasteiger partial charge on any atom is 0.302 e. The van der Waals surface area contributed by atoms with Crippen LogP contribution < -0.4 is 0 Å². The Balaban J connectivity index is 1.57. The summed E-state index contributed by atoms with van der Waals surface area (Å²) >= 11 is 0. The molecular weight excluding hydrogens is 322 g/mol. The van der Waals surface area contributed by atoms with E-state index in [0.29, 0.717) is 24.2 Å². The first-order chi connectivity index (χ1) is 11.7. The molecule has 0 N–H and O–H groups in total. The number of ether oxygens (including phenoxy) is 1. The molecule has 0 spiro atoms. The molecular formula is C21H32F2O2. The Labute approximate surface area is 150 Å². The van der Waals surface area contributed by atoms with Crippen LogP contribution in [0, 0.1) is 34.5 Å². The van der Waals surface area contributed by atoms with Gasteiger partial charge in [0.15, 0.2) is 0 Å². The molecule has 25 heavy (non-hydrogen) atoms. The van der Waals surface area contributed by atoms with Gasteiger partial charge in [-0.05, 0) is 74.0 Å². The Morgan fingerprint density at radius 2 is 1.64 bits per heavy atom. The van der Waals surface area contributed by atoms with Crippen molar-refractivity contribution in [2.75, 3.05) is 0 Å². The number of carbonyl (C=O) groups excluding carboxylic acids is 1. The van der Waals surface area contributed by atoms with Gasteiger partial charge in [0.25, 0.3) is 0 Å². The third-order valence-corrected chi connectivity index (χ3v) is 8.86. The number of halogens is 2. The van der Waals surface area contributed by atoms with Gasteiger partial charge in [-0.3, -0.25) is 4.79 Å². The third-order valence-electron chi connectivity index (χ3n) is 8.86. The van der Waals surface area contributed by atoms with E-state index in [-0.39, 0.29) is 41.7 Å². The molecule has 4 aliphatic rings. The van der Waals surface area contributed by atoms with Gasteiger partial charge >= 0.3 is 5.97 Å². The number of fused-ring (bicyclic) bond motifs is 5. The molecule has 0 aliphatic heterocycles. The minimum atomic E-state index is -2.45. The maximum atomic E-state index is 14.0. The predicted octanol–water partition coefficient (Wildman–Crippen LogP) is 5.60. The van der Waals surface area contributed by atoms with Crippen LogP contribution in [0.3, 0.4) is 0 Å². The Kier molecular flexibility index (Phi) is 4.01. The number of hydrogen-bond acceptors (Lipinski definition) is 2. The standard InChI is InChI=1S/C21H32F2O2/c1-13(24)25-18-7-6-16-15-5-4-14-12-21(22,23)11-10-19(14,2)17(15)8-9-20(16,18)3/h14-18H,4-12H2,1-3H3/t14?,15?,16?,17?,18?,19-,20-/m0/s1. The van der Waals surface area contributed by atoms with Crippen LogP contribution in [0.15, 0.2) is 0 Å². The van der Waals surface area contributed by atoms with Crippen LogP contribution in [0.4, 0.5) is 8.78 Å². The number of hydrogen-bond donors (Lipinski definition) is 0. The van der Waals surface area contributed by atoms with Crippen molar-refractivity contribution in [1.82, 2.24) is 0 Å². The fraction of sp³-hybridized carbons (Fsp3) is 0.952. The molecule has 0 radical (unpaired) electrons. The second kappa shape index (κ2) is 5.66. The third kappa shape index (κ3) is 2.65. The van der Waals surface area contributed by atoms with E-state index >= 15 is 0 Å². The summed E-state index contributed by atoms with van der Waals surface area (Å²) < 4.78 is 33.6. The van der Waals surface area contributed by atoms with Crippen molar-refractivity contribution in [3.8, 4) is 0 Å². The summed E-state index contributed by atoms with van der Waals surface area (Å²) in [4.78, 5) is 11.5. The highest BCUT2D eigenvalue weighted by Gasteiger charge is 2.62. The molecule has 4 fully saturated rings. The van der Waals surface area contributed by atoms with Crippen molar-refractivity contribution in [3.63, 3.8) is 0 Å². The SMILES string of the molecule is CC(=O)OC1CCC2C3CCC4CC(F)(F)CC[C@]4(C)C3CC[C@]12C. The molecule has 0 saturated heterocycles. The largest absolute Gasteiger partial charge is 0.462 e. The van der Waals surface area contributed by atoms with Gasteiger partial charge in [0.05, 0.1) is 0 Å². The maximum absolute atomic E-state index is 14.0. The lowest BCUT2D eigenvalue weighted by Crippen LogP contribution is -2.55. The molecule has 142 valence electrons. The van der Waals surface area contributed by atoms with Crippen LogP contribution in [-0.2, 0) is 9.53 Å². The van der Waals surface area contributed by atoms with Crippen LogP contribution >= 0.6 is 0 Å². The van der Waals surface area contributed by atoms with Gasteiger partial charge in [0.1, 0.15) is 6.10 Å². The fourth-order valence-corrected chi connectivity index (χ4v) is 7.52. The van der Waals surface area contributed by atoms with Crippen molar-refractivity contribution < 1.29 is 18.3 Å². The van der Waals surface area contributed by atoms with Gasteiger partial charge in [-0.15, -0.1) is 0 Å². The van der Waals surface area contributed by atoms with Crippen molar-refractivity contribution in [3.05, 3.63) is 0 Å². The molecule has 0 aromatic carbocycles. The van der Waals surface area contributed by atoms with Crippen LogP contribution in [0.25, 0.3) is 0 Å². The van der Waals surface area contributed by atoms with Crippen molar-refractivity contribution in [2.24, 2.45) is 34.5 Å². The monoisotopic (exact) mass is 354 g/mol. The highest BCUT2D eigenvalue weighted by atomic mass is 19.3. The number of alkyl halides is 2. The minimum Gasteiger partial charge on any atom is -0.462 e. The summed E-state index contributed by atoms with van der Waals surface area (Å²) in [5.41, 5.74) is 0.181. The molecule has 4 aliphatic carbocycles. The minimum absolute atomic E-state index is 0.0529. The van der Waals surface area contributed by atoms with Gasteiger partial charge in [0.2, 0.25) is 5.92 Å². The average molecular weight is 354 g/mol. The van der Waals surface area contributed by atoms with Crippen molar-refractivity contribution in [2.45, 2.75) is 90.6 Å². The van der Waals surface area contributed by atoms with Gasteiger partial charge in [0, 0.05) is 25.2 Å². The first-order valence-corrected chi connectivity index (χ1v) is 10.2.